The van der Waals surface area contributed by atoms with Crippen molar-refractivity contribution in [3.63, 3.8) is 0 Å². The Labute approximate surface area is 209 Å². The molecule has 3 saturated carbocycles. The number of ether oxygens (including phenoxy) is 1. The summed E-state index contributed by atoms with van der Waals surface area (Å²) in [6.45, 7) is 7.78. The summed E-state index contributed by atoms with van der Waals surface area (Å²) < 4.78 is 5.44. The normalized spacial score (nSPS) is 41.3. The van der Waals surface area contributed by atoms with Gasteiger partial charge < -0.3 is 14.9 Å². The van der Waals surface area contributed by atoms with Gasteiger partial charge in [0, 0.05) is 11.8 Å². The van der Waals surface area contributed by atoms with Gasteiger partial charge in [0.2, 0.25) is 5.78 Å². The molecule has 4 aliphatic carbocycles. The van der Waals surface area contributed by atoms with Crippen LogP contribution in [0.3, 0.4) is 0 Å². The van der Waals surface area contributed by atoms with E-state index in [1.807, 2.05) is 19.9 Å². The van der Waals surface area contributed by atoms with Gasteiger partial charge in [0.05, 0.1) is 12.0 Å². The molecule has 0 saturated heterocycles. The Kier molecular flexibility index (Phi) is 7.38. The van der Waals surface area contributed by atoms with Gasteiger partial charge in [-0.25, -0.2) is 0 Å². The lowest BCUT2D eigenvalue weighted by Gasteiger charge is -2.60. The van der Waals surface area contributed by atoms with Crippen LogP contribution in [0.2, 0.25) is 0 Å². The Morgan fingerprint density at radius 3 is 2.60 bits per heavy atom. The van der Waals surface area contributed by atoms with Crippen molar-refractivity contribution in [2.45, 2.75) is 110 Å². The highest BCUT2D eigenvalue weighted by Crippen LogP contribution is 2.67. The number of hydrogen-bond donors (Lipinski definition) is 2. The first-order valence-corrected chi connectivity index (χ1v) is 13.9. The third-order valence-electron chi connectivity index (χ3n) is 10.6. The van der Waals surface area contributed by atoms with Crippen LogP contribution < -0.4 is 0 Å². The molecule has 4 aliphatic rings. The summed E-state index contributed by atoms with van der Waals surface area (Å²) in [6, 6.07) is 0. The van der Waals surface area contributed by atoms with E-state index in [2.05, 4.69) is 13.8 Å². The quantitative estimate of drug-likeness (QED) is 0.486. The number of allylic oxidation sites excluding steroid dienone is 1. The lowest BCUT2D eigenvalue weighted by Crippen LogP contribution is -2.62. The molecule has 2 N–H and O–H groups in total. The van der Waals surface area contributed by atoms with Crippen molar-refractivity contribution in [1.29, 1.82) is 0 Å². The maximum Gasteiger partial charge on any atom is 0.309 e. The number of ketones is 2. The summed E-state index contributed by atoms with van der Waals surface area (Å²) in [4.78, 5) is 38.0. The Bertz CT molecular complexity index is 894. The number of carbonyl (C=O) groups excluding carboxylic acids is 3. The van der Waals surface area contributed by atoms with E-state index in [-0.39, 0.29) is 40.8 Å². The zero-order chi connectivity index (χ0) is 25.6. The number of hydrogen-bond acceptors (Lipinski definition) is 6. The highest BCUT2D eigenvalue weighted by atomic mass is 16.5. The summed E-state index contributed by atoms with van der Waals surface area (Å²) >= 11 is 0. The van der Waals surface area contributed by atoms with Crippen LogP contribution in [0.15, 0.2) is 11.6 Å². The highest BCUT2D eigenvalue weighted by molar-refractivity contribution is 5.92. The van der Waals surface area contributed by atoms with E-state index in [0.717, 1.165) is 44.9 Å². The maximum atomic E-state index is 13.4. The van der Waals surface area contributed by atoms with Crippen molar-refractivity contribution in [1.82, 2.24) is 0 Å². The highest BCUT2D eigenvalue weighted by Gasteiger charge is 2.68. The molecule has 196 valence electrons. The van der Waals surface area contributed by atoms with Crippen molar-refractivity contribution in [2.75, 3.05) is 6.61 Å². The summed E-state index contributed by atoms with van der Waals surface area (Å²) in [5.41, 5.74) is -1.39. The average molecular weight is 489 g/mol. The molecule has 0 spiro atoms. The molecule has 0 bridgehead atoms. The molecular formula is C29H44O6. The van der Waals surface area contributed by atoms with E-state index < -0.39 is 29.5 Å². The fourth-order valence-electron chi connectivity index (χ4n) is 8.46. The molecule has 0 aromatic carbocycles. The first-order valence-electron chi connectivity index (χ1n) is 13.9. The largest absolute Gasteiger partial charge is 0.457 e. The van der Waals surface area contributed by atoms with Gasteiger partial charge in [-0.1, -0.05) is 46.1 Å². The number of fused-ring (bicyclic) bond motifs is 5. The predicted octanol–water partition coefficient (Wildman–Crippen LogP) is 4.55. The number of rotatable bonds is 8. The Morgan fingerprint density at radius 2 is 1.91 bits per heavy atom. The number of unbranched alkanes of at least 4 members (excludes halogenated alkanes) is 1. The lowest BCUT2D eigenvalue weighted by atomic mass is 9.45. The molecule has 35 heavy (non-hydrogen) atoms. The minimum atomic E-state index is -1.60. The van der Waals surface area contributed by atoms with E-state index in [0.29, 0.717) is 25.7 Å². The monoisotopic (exact) mass is 488 g/mol. The van der Waals surface area contributed by atoms with E-state index >= 15 is 0 Å². The van der Waals surface area contributed by atoms with Crippen LogP contribution in [0.25, 0.3) is 0 Å². The molecule has 0 amide bonds. The third-order valence-corrected chi connectivity index (χ3v) is 10.6. The molecule has 6 heteroatoms. The topological polar surface area (TPSA) is 101 Å². The van der Waals surface area contributed by atoms with Gasteiger partial charge in [-0.05, 0) is 80.6 Å². The number of aliphatic hydroxyl groups excluding tert-OH is 1. The van der Waals surface area contributed by atoms with Crippen LogP contribution in [-0.4, -0.2) is 46.1 Å². The zero-order valence-corrected chi connectivity index (χ0v) is 22.0. The Hall–Kier alpha value is -1.53. The second-order valence-corrected chi connectivity index (χ2v) is 12.3. The fourth-order valence-corrected chi connectivity index (χ4v) is 8.46. The molecule has 0 aromatic heterocycles. The van der Waals surface area contributed by atoms with Gasteiger partial charge >= 0.3 is 5.97 Å². The summed E-state index contributed by atoms with van der Waals surface area (Å²) in [5.74, 6) is -0.472. The first-order chi connectivity index (χ1) is 16.5. The van der Waals surface area contributed by atoms with Gasteiger partial charge in [0.1, 0.15) is 5.60 Å². The van der Waals surface area contributed by atoms with Crippen molar-refractivity contribution in [2.24, 2.45) is 34.5 Å². The van der Waals surface area contributed by atoms with Crippen molar-refractivity contribution in [3.05, 3.63) is 11.6 Å². The van der Waals surface area contributed by atoms with E-state index in [1.54, 1.807) is 0 Å². The van der Waals surface area contributed by atoms with Gasteiger partial charge in [-0.3, -0.25) is 14.4 Å². The predicted molar refractivity (Wildman–Crippen MR) is 132 cm³/mol. The summed E-state index contributed by atoms with van der Waals surface area (Å²) in [6.07, 6.45) is 8.91. The molecule has 0 aliphatic heterocycles. The van der Waals surface area contributed by atoms with Crippen LogP contribution in [0, 0.1) is 34.5 Å². The Morgan fingerprint density at radius 1 is 1.17 bits per heavy atom. The molecule has 6 nitrogen and oxygen atoms in total. The second kappa shape index (κ2) is 9.74. The molecule has 3 fully saturated rings. The number of carbonyl (C=O) groups is 3. The van der Waals surface area contributed by atoms with E-state index in [9.17, 15) is 24.6 Å². The molecule has 0 aromatic rings. The molecule has 0 radical (unpaired) electrons. The minimum Gasteiger partial charge on any atom is -0.457 e. The second-order valence-electron chi connectivity index (χ2n) is 12.3. The molecule has 0 heterocycles. The van der Waals surface area contributed by atoms with Crippen molar-refractivity contribution < 1.29 is 29.3 Å². The zero-order valence-electron chi connectivity index (χ0n) is 22.0. The van der Waals surface area contributed by atoms with Gasteiger partial charge in [-0.15, -0.1) is 0 Å². The SMILES string of the molecule is CCCC[C@@H](CC)C(=O)OCC(=O)[C@]1(O)CC[C@@H]2[C@H]3CCC4=CC(=O)CC[C@]4(C)[C@@H]3[C@@H](O)C[C@@]21C. The molecular weight excluding hydrogens is 444 g/mol. The standard InChI is InChI=1S/C29H44O6/c1-5-7-8-18(6-2)26(33)35-17-24(32)29(34)14-12-22-21-10-9-19-15-20(30)11-13-27(19,3)25(21)23(31)16-28(22,29)4/h15,18,21-23,25,31,34H,5-14,16-17H2,1-4H3/t18-,21-,22-,23+,25+,27+,28+,29-/m1/s1. The van der Waals surface area contributed by atoms with E-state index in [1.165, 1.54) is 5.57 Å². The van der Waals surface area contributed by atoms with Gasteiger partial charge in [-0.2, -0.15) is 0 Å². The van der Waals surface area contributed by atoms with Crippen molar-refractivity contribution >= 4 is 17.5 Å². The minimum absolute atomic E-state index is 0.0350. The number of esters is 1. The molecule has 8 atom stereocenters. The van der Waals surface area contributed by atoms with Crippen LogP contribution >= 0.6 is 0 Å². The average Bonchev–Trinajstić information content (AvgIpc) is 3.09. The van der Waals surface area contributed by atoms with Crippen LogP contribution in [0.4, 0.5) is 0 Å². The first kappa shape index (κ1) is 26.5. The molecule has 0 unspecified atom stereocenters. The fraction of sp³-hybridized carbons (Fsp3) is 0.828. The Balaban J connectivity index is 1.51. The van der Waals surface area contributed by atoms with E-state index in [4.69, 9.17) is 4.74 Å². The van der Waals surface area contributed by atoms with Crippen LogP contribution in [-0.2, 0) is 19.1 Å². The van der Waals surface area contributed by atoms with Gasteiger partial charge in [0.25, 0.3) is 0 Å². The smallest absolute Gasteiger partial charge is 0.309 e. The van der Waals surface area contributed by atoms with Crippen molar-refractivity contribution in [3.8, 4) is 0 Å². The van der Waals surface area contributed by atoms with Gasteiger partial charge in [0.15, 0.2) is 12.4 Å². The molecule has 4 rings (SSSR count). The lowest BCUT2D eigenvalue weighted by molar-refractivity contribution is -0.185. The third kappa shape index (κ3) is 4.22. The van der Waals surface area contributed by atoms with Crippen LogP contribution in [0.5, 0.6) is 0 Å². The maximum absolute atomic E-state index is 13.4. The summed E-state index contributed by atoms with van der Waals surface area (Å²) in [5, 5.41) is 23.3. The number of Topliss-reactive ketones (excluding diaryl/α,β-unsaturated/α-hetero) is 1. The summed E-state index contributed by atoms with van der Waals surface area (Å²) in [7, 11) is 0. The van der Waals surface area contributed by atoms with Crippen LogP contribution in [0.1, 0.15) is 98.3 Å². The number of aliphatic hydroxyl groups is 2.